The van der Waals surface area contributed by atoms with Crippen molar-refractivity contribution in [3.8, 4) is 0 Å². The summed E-state index contributed by atoms with van der Waals surface area (Å²) < 4.78 is 9.88. The lowest BCUT2D eigenvalue weighted by Crippen LogP contribution is -2.28. The van der Waals surface area contributed by atoms with Crippen LogP contribution in [0.5, 0.6) is 0 Å². The van der Waals surface area contributed by atoms with Gasteiger partial charge in [0.1, 0.15) is 0 Å². The average molecular weight is 223 g/mol. The molecule has 0 spiro atoms. The molecular formula is C12H17NO3. The highest BCUT2D eigenvalue weighted by Crippen LogP contribution is 2.00. The predicted molar refractivity (Wildman–Crippen MR) is 60.7 cm³/mol. The van der Waals surface area contributed by atoms with Crippen LogP contribution in [0.3, 0.4) is 0 Å². The number of methoxy groups -OCH3 is 2. The summed E-state index contributed by atoms with van der Waals surface area (Å²) in [5, 5.41) is 2.80. The van der Waals surface area contributed by atoms with Crippen LogP contribution >= 0.6 is 0 Å². The third-order valence-corrected chi connectivity index (χ3v) is 2.21. The summed E-state index contributed by atoms with van der Waals surface area (Å²) in [5.41, 5.74) is 1.07. The van der Waals surface area contributed by atoms with Gasteiger partial charge in [0.2, 0.25) is 5.91 Å². The molecule has 0 aliphatic rings. The van der Waals surface area contributed by atoms with E-state index >= 15 is 0 Å². The Balaban J connectivity index is 2.30. The van der Waals surface area contributed by atoms with E-state index < -0.39 is 6.29 Å². The van der Waals surface area contributed by atoms with Crippen molar-refractivity contribution in [2.75, 3.05) is 14.2 Å². The fourth-order valence-electron chi connectivity index (χ4n) is 1.28. The van der Waals surface area contributed by atoms with E-state index in [0.717, 1.165) is 5.56 Å². The van der Waals surface area contributed by atoms with Crippen molar-refractivity contribution in [2.24, 2.45) is 0 Å². The summed E-state index contributed by atoms with van der Waals surface area (Å²) in [6.07, 6.45) is -0.268. The maximum absolute atomic E-state index is 11.5. The minimum absolute atomic E-state index is 0.0856. The lowest BCUT2D eigenvalue weighted by atomic mass is 10.2. The quantitative estimate of drug-likeness (QED) is 0.740. The molecule has 0 heterocycles. The topological polar surface area (TPSA) is 47.6 Å². The molecule has 16 heavy (non-hydrogen) atoms. The Kier molecular flexibility index (Phi) is 5.53. The molecule has 0 aromatic heterocycles. The van der Waals surface area contributed by atoms with E-state index in [4.69, 9.17) is 9.47 Å². The van der Waals surface area contributed by atoms with Crippen molar-refractivity contribution in [2.45, 2.75) is 19.3 Å². The largest absolute Gasteiger partial charge is 0.355 e. The number of ether oxygens (including phenoxy) is 2. The van der Waals surface area contributed by atoms with E-state index in [2.05, 4.69) is 5.32 Å². The smallest absolute Gasteiger partial charge is 0.225 e. The van der Waals surface area contributed by atoms with E-state index in [0.29, 0.717) is 6.54 Å². The molecular weight excluding hydrogens is 206 g/mol. The second kappa shape index (κ2) is 6.98. The summed E-state index contributed by atoms with van der Waals surface area (Å²) in [4.78, 5) is 11.5. The first-order valence-electron chi connectivity index (χ1n) is 5.12. The lowest BCUT2D eigenvalue weighted by molar-refractivity contribution is -0.139. The molecule has 0 unspecified atom stereocenters. The van der Waals surface area contributed by atoms with E-state index in [1.54, 1.807) is 0 Å². The molecule has 4 heteroatoms. The van der Waals surface area contributed by atoms with Crippen LogP contribution in [-0.2, 0) is 20.8 Å². The monoisotopic (exact) mass is 223 g/mol. The number of carbonyl (C=O) groups is 1. The van der Waals surface area contributed by atoms with Gasteiger partial charge in [-0.2, -0.15) is 0 Å². The summed E-state index contributed by atoms with van der Waals surface area (Å²) >= 11 is 0. The van der Waals surface area contributed by atoms with Crippen LogP contribution in [0.1, 0.15) is 12.0 Å². The van der Waals surface area contributed by atoms with Gasteiger partial charge in [0.05, 0.1) is 6.42 Å². The Labute approximate surface area is 95.6 Å². The fourth-order valence-corrected chi connectivity index (χ4v) is 1.28. The van der Waals surface area contributed by atoms with Gasteiger partial charge in [-0.3, -0.25) is 4.79 Å². The van der Waals surface area contributed by atoms with E-state index in [9.17, 15) is 4.79 Å². The van der Waals surface area contributed by atoms with Gasteiger partial charge in [0, 0.05) is 20.8 Å². The molecule has 0 saturated carbocycles. The molecule has 0 atom stereocenters. The first-order chi connectivity index (χ1) is 7.76. The Bertz CT molecular complexity index is 309. The van der Waals surface area contributed by atoms with Crippen LogP contribution in [0.4, 0.5) is 0 Å². The normalized spacial score (nSPS) is 10.4. The highest BCUT2D eigenvalue weighted by Gasteiger charge is 2.11. The van der Waals surface area contributed by atoms with E-state index in [1.165, 1.54) is 14.2 Å². The number of benzene rings is 1. The summed E-state index contributed by atoms with van der Waals surface area (Å²) in [5.74, 6) is -0.0856. The van der Waals surface area contributed by atoms with Gasteiger partial charge in [-0.05, 0) is 5.56 Å². The number of rotatable bonds is 6. The third kappa shape index (κ3) is 4.42. The summed E-state index contributed by atoms with van der Waals surface area (Å²) in [6.45, 7) is 0.528. The van der Waals surface area contributed by atoms with Gasteiger partial charge < -0.3 is 14.8 Å². The average Bonchev–Trinajstić information content (AvgIpc) is 2.34. The summed E-state index contributed by atoms with van der Waals surface area (Å²) in [7, 11) is 3.03. The first kappa shape index (κ1) is 12.7. The molecule has 1 aromatic carbocycles. The molecule has 88 valence electrons. The van der Waals surface area contributed by atoms with Crippen LogP contribution in [0.25, 0.3) is 0 Å². The first-order valence-corrected chi connectivity index (χ1v) is 5.12. The van der Waals surface area contributed by atoms with Crippen molar-refractivity contribution >= 4 is 5.91 Å². The zero-order chi connectivity index (χ0) is 11.8. The van der Waals surface area contributed by atoms with E-state index in [1.807, 2.05) is 30.3 Å². The Morgan fingerprint density at radius 1 is 1.25 bits per heavy atom. The molecule has 0 saturated heterocycles. The van der Waals surface area contributed by atoms with Crippen LogP contribution in [0.2, 0.25) is 0 Å². The molecule has 1 aromatic rings. The molecule has 0 bridgehead atoms. The molecule has 1 N–H and O–H groups in total. The van der Waals surface area contributed by atoms with Crippen molar-refractivity contribution < 1.29 is 14.3 Å². The van der Waals surface area contributed by atoms with Gasteiger partial charge >= 0.3 is 0 Å². The van der Waals surface area contributed by atoms with Crippen LogP contribution in [0, 0.1) is 0 Å². The molecule has 0 aliphatic carbocycles. The number of nitrogens with one attached hydrogen (secondary N) is 1. The van der Waals surface area contributed by atoms with Crippen molar-refractivity contribution in [3.63, 3.8) is 0 Å². The minimum Gasteiger partial charge on any atom is -0.355 e. The fraction of sp³-hybridized carbons (Fsp3) is 0.417. The maximum Gasteiger partial charge on any atom is 0.225 e. The second-order valence-corrected chi connectivity index (χ2v) is 3.37. The zero-order valence-electron chi connectivity index (χ0n) is 9.60. The molecule has 1 amide bonds. The number of amides is 1. The molecule has 1 rings (SSSR count). The zero-order valence-corrected chi connectivity index (χ0v) is 9.60. The SMILES string of the molecule is COC(CC(=O)NCc1ccccc1)OC. The maximum atomic E-state index is 11.5. The second-order valence-electron chi connectivity index (χ2n) is 3.37. The van der Waals surface area contributed by atoms with Gasteiger partial charge in [-0.15, -0.1) is 0 Å². The van der Waals surface area contributed by atoms with Crippen molar-refractivity contribution in [1.29, 1.82) is 0 Å². The molecule has 0 fully saturated rings. The van der Waals surface area contributed by atoms with Gasteiger partial charge in [0.15, 0.2) is 6.29 Å². The van der Waals surface area contributed by atoms with E-state index in [-0.39, 0.29) is 12.3 Å². The number of carbonyl (C=O) groups excluding carboxylic acids is 1. The Morgan fingerprint density at radius 2 is 1.88 bits per heavy atom. The number of hydrogen-bond donors (Lipinski definition) is 1. The molecule has 4 nitrogen and oxygen atoms in total. The third-order valence-electron chi connectivity index (χ3n) is 2.21. The Morgan fingerprint density at radius 3 is 2.44 bits per heavy atom. The van der Waals surface area contributed by atoms with Crippen LogP contribution in [0.15, 0.2) is 30.3 Å². The molecule has 0 aliphatic heterocycles. The van der Waals surface area contributed by atoms with Crippen LogP contribution < -0.4 is 5.32 Å². The Hall–Kier alpha value is -1.39. The highest BCUT2D eigenvalue weighted by molar-refractivity contribution is 5.76. The minimum atomic E-state index is -0.476. The van der Waals surface area contributed by atoms with Gasteiger partial charge in [-0.25, -0.2) is 0 Å². The van der Waals surface area contributed by atoms with Gasteiger partial charge in [-0.1, -0.05) is 30.3 Å². The summed E-state index contributed by atoms with van der Waals surface area (Å²) in [6, 6.07) is 9.75. The van der Waals surface area contributed by atoms with Crippen molar-refractivity contribution in [3.05, 3.63) is 35.9 Å². The van der Waals surface area contributed by atoms with Crippen molar-refractivity contribution in [1.82, 2.24) is 5.32 Å². The molecule has 0 radical (unpaired) electrons. The predicted octanol–water partition coefficient (Wildman–Crippen LogP) is 1.31. The standard InChI is InChI=1S/C12H17NO3/c1-15-12(16-2)8-11(14)13-9-10-6-4-3-5-7-10/h3-7,12H,8-9H2,1-2H3,(H,13,14). The lowest BCUT2D eigenvalue weighted by Gasteiger charge is -2.12. The van der Waals surface area contributed by atoms with Gasteiger partial charge in [0.25, 0.3) is 0 Å². The highest BCUT2D eigenvalue weighted by atomic mass is 16.7. The van der Waals surface area contributed by atoms with Crippen LogP contribution in [-0.4, -0.2) is 26.4 Å². The number of hydrogen-bond acceptors (Lipinski definition) is 3.